The van der Waals surface area contributed by atoms with E-state index in [-0.39, 0.29) is 10.8 Å². The van der Waals surface area contributed by atoms with Crippen LogP contribution in [0.2, 0.25) is 0 Å². The number of sulfonamides is 1. The van der Waals surface area contributed by atoms with Crippen LogP contribution in [-0.4, -0.2) is 55.2 Å². The first-order valence-corrected chi connectivity index (χ1v) is 10.9. The summed E-state index contributed by atoms with van der Waals surface area (Å²) in [6.07, 6.45) is 1.05. The van der Waals surface area contributed by atoms with E-state index in [9.17, 15) is 18.3 Å². The Bertz CT molecular complexity index is 787. The van der Waals surface area contributed by atoms with Gasteiger partial charge in [0.25, 0.3) is 10.0 Å². The van der Waals surface area contributed by atoms with Crippen LogP contribution < -0.4 is 4.78 Å². The van der Waals surface area contributed by atoms with E-state index in [0.29, 0.717) is 24.2 Å². The summed E-state index contributed by atoms with van der Waals surface area (Å²) in [5.74, 6) is -1.60. The monoisotopic (exact) mass is 401 g/mol. The van der Waals surface area contributed by atoms with Crippen molar-refractivity contribution in [3.05, 3.63) is 12.1 Å². The highest BCUT2D eigenvalue weighted by atomic mass is 32.2. The average molecular weight is 401 g/mol. The van der Waals surface area contributed by atoms with Gasteiger partial charge in [0.1, 0.15) is 4.21 Å². The fourth-order valence-electron chi connectivity index (χ4n) is 3.05. The third-order valence-corrected chi connectivity index (χ3v) is 8.85. The van der Waals surface area contributed by atoms with E-state index >= 15 is 0 Å². The lowest BCUT2D eigenvalue weighted by Crippen LogP contribution is -2.42. The van der Waals surface area contributed by atoms with Gasteiger partial charge in [0.05, 0.1) is 17.1 Å². The Kier molecular flexibility index (Phi) is 5.03. The molecule has 0 saturated carbocycles. The van der Waals surface area contributed by atoms with E-state index in [2.05, 4.69) is 0 Å². The fraction of sp³-hybridized carbons (Fsp3) is 0.688. The third-order valence-electron chi connectivity index (χ3n) is 5.42. The summed E-state index contributed by atoms with van der Waals surface area (Å²) in [7, 11) is -4.33. The van der Waals surface area contributed by atoms with Gasteiger partial charge >= 0.3 is 13.1 Å². The summed E-state index contributed by atoms with van der Waals surface area (Å²) in [5, 5.41) is 9.19. The molecule has 0 spiro atoms. The molecule has 10 heteroatoms. The standard InChI is InChI=1S/C16H24BNO6S2/c1-15(2)16(3,4)24-17(23-15)12-7-8-13(25-12)26(21,22)18-9-5-6-11(10-18)14(19)20/h7-8,11H,5-6,9-10H2,1-4H3,(H,19,20)/t11-/m1/s1. The molecule has 1 N–H and O–H groups in total. The van der Waals surface area contributed by atoms with E-state index in [1.807, 2.05) is 27.7 Å². The van der Waals surface area contributed by atoms with Gasteiger partial charge in [-0.25, -0.2) is 8.42 Å². The van der Waals surface area contributed by atoms with Crippen molar-refractivity contribution in [1.29, 1.82) is 0 Å². The summed E-state index contributed by atoms with van der Waals surface area (Å²) in [5.41, 5.74) is -0.995. The highest BCUT2D eigenvalue weighted by Gasteiger charge is 2.52. The first-order valence-electron chi connectivity index (χ1n) is 8.62. The Morgan fingerprint density at radius 1 is 1.27 bits per heavy atom. The van der Waals surface area contributed by atoms with Crippen LogP contribution in [0.5, 0.6) is 0 Å². The first-order chi connectivity index (χ1) is 11.9. The zero-order valence-corrected chi connectivity index (χ0v) is 17.0. The number of carboxylic acid groups (broad SMARTS) is 1. The Hall–Kier alpha value is -0.935. The number of nitrogens with zero attached hydrogens (tertiary/aromatic N) is 1. The van der Waals surface area contributed by atoms with Gasteiger partial charge in [0.2, 0.25) is 0 Å². The Labute approximate surface area is 158 Å². The Balaban J connectivity index is 1.80. The van der Waals surface area contributed by atoms with Crippen molar-refractivity contribution >= 4 is 39.2 Å². The van der Waals surface area contributed by atoms with E-state index in [1.165, 1.54) is 4.31 Å². The molecule has 2 fully saturated rings. The van der Waals surface area contributed by atoms with Crippen LogP contribution in [-0.2, 0) is 24.1 Å². The first kappa shape index (κ1) is 19.8. The largest absolute Gasteiger partial charge is 0.505 e. The van der Waals surface area contributed by atoms with Crippen molar-refractivity contribution in [1.82, 2.24) is 4.31 Å². The Morgan fingerprint density at radius 2 is 1.88 bits per heavy atom. The molecule has 2 aliphatic rings. The summed E-state index contributed by atoms with van der Waals surface area (Å²) in [6, 6.07) is 3.25. The Morgan fingerprint density at radius 3 is 2.46 bits per heavy atom. The van der Waals surface area contributed by atoms with Crippen molar-refractivity contribution in [2.24, 2.45) is 5.92 Å². The number of hydrogen-bond donors (Lipinski definition) is 1. The van der Waals surface area contributed by atoms with Crippen LogP contribution in [0.25, 0.3) is 0 Å². The molecule has 2 aliphatic heterocycles. The van der Waals surface area contributed by atoms with Gasteiger partial charge in [-0.15, -0.1) is 11.3 Å². The zero-order valence-electron chi connectivity index (χ0n) is 15.4. The predicted octanol–water partition coefficient (Wildman–Crippen LogP) is 1.53. The van der Waals surface area contributed by atoms with Crippen LogP contribution in [0, 0.1) is 5.92 Å². The fourth-order valence-corrected chi connectivity index (χ4v) is 6.01. The molecule has 3 rings (SSSR count). The van der Waals surface area contributed by atoms with Crippen LogP contribution in [0.3, 0.4) is 0 Å². The smallest absolute Gasteiger partial charge is 0.481 e. The van der Waals surface area contributed by atoms with Gasteiger partial charge in [-0.1, -0.05) is 6.07 Å². The number of hydrogen-bond acceptors (Lipinski definition) is 6. The minimum atomic E-state index is -3.72. The topological polar surface area (TPSA) is 93.1 Å². The second-order valence-electron chi connectivity index (χ2n) is 7.79. The molecule has 2 saturated heterocycles. The SMILES string of the molecule is CC1(C)OB(c2ccc(S(=O)(=O)N3CCC[C@@H](C(=O)O)C3)s2)OC1(C)C. The van der Waals surface area contributed by atoms with Gasteiger partial charge in [-0.2, -0.15) is 4.31 Å². The maximum atomic E-state index is 12.9. The summed E-state index contributed by atoms with van der Waals surface area (Å²) < 4.78 is 39.9. The quantitative estimate of drug-likeness (QED) is 0.770. The predicted molar refractivity (Wildman–Crippen MR) is 99.2 cm³/mol. The van der Waals surface area contributed by atoms with Crippen LogP contribution in [0.1, 0.15) is 40.5 Å². The minimum absolute atomic E-state index is 0.0153. The van der Waals surface area contributed by atoms with Crippen molar-refractivity contribution in [2.45, 2.75) is 55.9 Å². The summed E-state index contributed by atoms with van der Waals surface area (Å²) in [4.78, 5) is 11.2. The van der Waals surface area contributed by atoms with E-state index in [0.717, 1.165) is 11.3 Å². The van der Waals surface area contributed by atoms with E-state index < -0.39 is 40.2 Å². The molecular formula is C16H24BNO6S2. The van der Waals surface area contributed by atoms with E-state index in [1.54, 1.807) is 12.1 Å². The molecule has 26 heavy (non-hydrogen) atoms. The number of aliphatic carboxylic acids is 1. The highest BCUT2D eigenvalue weighted by Crippen LogP contribution is 2.37. The summed E-state index contributed by atoms with van der Waals surface area (Å²) in [6.45, 7) is 8.13. The average Bonchev–Trinajstić information content (AvgIpc) is 3.11. The van der Waals surface area contributed by atoms with Crippen molar-refractivity contribution in [3.8, 4) is 0 Å². The van der Waals surface area contributed by atoms with Crippen LogP contribution >= 0.6 is 11.3 Å². The minimum Gasteiger partial charge on any atom is -0.481 e. The maximum Gasteiger partial charge on any atom is 0.505 e. The second kappa shape index (κ2) is 6.59. The van der Waals surface area contributed by atoms with Gasteiger partial charge in [-0.3, -0.25) is 4.79 Å². The second-order valence-corrected chi connectivity index (χ2v) is 11.1. The molecule has 1 atom stereocenters. The molecular weight excluding hydrogens is 377 g/mol. The van der Waals surface area contributed by atoms with Gasteiger partial charge in [-0.05, 0) is 46.6 Å². The van der Waals surface area contributed by atoms with Crippen LogP contribution in [0.15, 0.2) is 16.3 Å². The molecule has 7 nitrogen and oxygen atoms in total. The molecule has 0 bridgehead atoms. The lowest BCUT2D eigenvalue weighted by molar-refractivity contribution is -0.142. The molecule has 0 aliphatic carbocycles. The van der Waals surface area contributed by atoms with Crippen LogP contribution in [0.4, 0.5) is 0 Å². The van der Waals surface area contributed by atoms with Gasteiger partial charge < -0.3 is 14.4 Å². The molecule has 0 aromatic carbocycles. The molecule has 1 aromatic rings. The maximum absolute atomic E-state index is 12.9. The van der Waals surface area contributed by atoms with Gasteiger partial charge in [0, 0.05) is 17.9 Å². The molecule has 0 amide bonds. The third kappa shape index (κ3) is 3.45. The van der Waals surface area contributed by atoms with Crippen molar-refractivity contribution in [2.75, 3.05) is 13.1 Å². The molecule has 3 heterocycles. The lowest BCUT2D eigenvalue weighted by atomic mass is 9.88. The molecule has 0 radical (unpaired) electrons. The lowest BCUT2D eigenvalue weighted by Gasteiger charge is -2.32. The highest BCUT2D eigenvalue weighted by molar-refractivity contribution is 7.91. The van der Waals surface area contributed by atoms with Gasteiger partial charge in [0.15, 0.2) is 0 Å². The number of piperidine rings is 1. The van der Waals surface area contributed by atoms with Crippen molar-refractivity contribution < 1.29 is 27.6 Å². The normalized spacial score (nSPS) is 26.2. The number of carbonyl (C=O) groups is 1. The van der Waals surface area contributed by atoms with Crippen molar-refractivity contribution in [3.63, 3.8) is 0 Å². The zero-order chi connectivity index (χ0) is 19.3. The molecule has 1 aromatic heterocycles. The molecule has 144 valence electrons. The number of thiophene rings is 1. The molecule has 0 unspecified atom stereocenters. The number of rotatable bonds is 4. The number of carboxylic acids is 1. The van der Waals surface area contributed by atoms with E-state index in [4.69, 9.17) is 9.31 Å². The summed E-state index contributed by atoms with van der Waals surface area (Å²) >= 11 is 1.11.